The molecule has 2 atom stereocenters. The molecule has 1 aliphatic carbocycles. The third-order valence-electron chi connectivity index (χ3n) is 12.2. The second kappa shape index (κ2) is 19.0. The zero-order chi connectivity index (χ0) is 48.4. The molecule has 15 nitrogen and oxygen atoms in total. The SMILES string of the molecule is COc1ccc2cc(C(=O)O)ccc2c1CN1C(=O)[C@@H](NC(=O)[C@H](C)N(C)C(=O)OC(C)(C)C)CN(C(=O)c2ccc(NC(=O)OCC3c4ccccc4-c4ccccc43)cc2)c2ccccc21. The van der Waals surface area contributed by atoms with Crippen molar-refractivity contribution >= 4 is 63.7 Å². The normalized spacial score (nSPS) is 14.7. The van der Waals surface area contributed by atoms with Gasteiger partial charge in [-0.1, -0.05) is 72.8 Å². The van der Waals surface area contributed by atoms with Crippen molar-refractivity contribution in [2.45, 2.75) is 57.8 Å². The van der Waals surface area contributed by atoms with Crippen LogP contribution in [0.25, 0.3) is 21.9 Å². The zero-order valence-corrected chi connectivity index (χ0v) is 38.4. The maximum absolute atomic E-state index is 15.0. The minimum atomic E-state index is -1.34. The minimum absolute atomic E-state index is 0.0771. The van der Waals surface area contributed by atoms with Gasteiger partial charge in [-0.25, -0.2) is 14.4 Å². The van der Waals surface area contributed by atoms with E-state index in [2.05, 4.69) is 22.8 Å². The van der Waals surface area contributed by atoms with Gasteiger partial charge in [-0.05, 0) is 115 Å². The predicted octanol–water partition coefficient (Wildman–Crippen LogP) is 8.84. The van der Waals surface area contributed by atoms with Crippen LogP contribution >= 0.6 is 0 Å². The minimum Gasteiger partial charge on any atom is -0.496 e. The van der Waals surface area contributed by atoms with E-state index in [0.29, 0.717) is 39.1 Å². The highest BCUT2D eigenvalue weighted by molar-refractivity contribution is 6.13. The largest absolute Gasteiger partial charge is 0.496 e. The molecule has 0 bridgehead atoms. The molecule has 5 amide bonds. The van der Waals surface area contributed by atoms with Gasteiger partial charge in [0.25, 0.3) is 11.8 Å². The van der Waals surface area contributed by atoms with Gasteiger partial charge >= 0.3 is 18.2 Å². The average Bonchev–Trinajstić information content (AvgIpc) is 3.59. The number of anilines is 3. The summed E-state index contributed by atoms with van der Waals surface area (Å²) in [4.78, 5) is 85.9. The van der Waals surface area contributed by atoms with E-state index in [0.717, 1.165) is 27.2 Å². The maximum atomic E-state index is 15.0. The van der Waals surface area contributed by atoms with Crippen molar-refractivity contribution in [1.29, 1.82) is 0 Å². The fourth-order valence-electron chi connectivity index (χ4n) is 8.63. The number of carbonyl (C=O) groups is 6. The van der Waals surface area contributed by atoms with E-state index < -0.39 is 53.6 Å². The molecular weight excluding hydrogens is 867 g/mol. The van der Waals surface area contributed by atoms with E-state index >= 15 is 4.79 Å². The Morgan fingerprint density at radius 2 is 1.43 bits per heavy atom. The number of likely N-dealkylation sites (N-methyl/N-ethyl adjacent to an activating group) is 1. The summed E-state index contributed by atoms with van der Waals surface area (Å²) >= 11 is 0. The van der Waals surface area contributed by atoms with Gasteiger partial charge in [0.1, 0.15) is 30.0 Å². The molecule has 6 aromatic rings. The average molecular weight is 918 g/mol. The standard InChI is InChI=1S/C53H51N5O10/c1-31(56(5)52(65)68-53(2,3)4)47(59)55-43-29-58(45-18-12-11-17-44(45)57(49(43)61)28-41-36-25-21-34(50(62)63)27-33(36)22-26-46(41)66-6)48(60)32-19-23-35(24-20-32)54-51(64)67-30-42-39-15-9-7-13-37(39)38-14-8-10-16-40(38)42/h7-27,31,42-43H,28-30H2,1-6H3,(H,54,64)(H,55,59)(H,62,63)/t31-,43-/m0/s1. The number of carboxylic acids is 1. The van der Waals surface area contributed by atoms with Crippen molar-refractivity contribution in [3.8, 4) is 16.9 Å². The number of carbonyl (C=O) groups excluding carboxylic acids is 5. The van der Waals surface area contributed by atoms with Crippen molar-refractivity contribution in [2.24, 2.45) is 0 Å². The third kappa shape index (κ3) is 9.41. The van der Waals surface area contributed by atoms with Gasteiger partial charge in [0.05, 0.1) is 37.1 Å². The first-order valence-electron chi connectivity index (χ1n) is 22.1. The van der Waals surface area contributed by atoms with Crippen molar-refractivity contribution in [1.82, 2.24) is 10.2 Å². The summed E-state index contributed by atoms with van der Waals surface area (Å²) in [6.07, 6.45) is -1.41. The Hall–Kier alpha value is -8.20. The quantitative estimate of drug-likeness (QED) is 0.113. The van der Waals surface area contributed by atoms with Gasteiger partial charge in [0.2, 0.25) is 5.91 Å². The van der Waals surface area contributed by atoms with E-state index in [-0.39, 0.29) is 36.7 Å². The summed E-state index contributed by atoms with van der Waals surface area (Å²) in [6.45, 7) is 6.31. The Kier molecular flexibility index (Phi) is 12.9. The molecule has 3 N–H and O–H groups in total. The Balaban J connectivity index is 1.08. The van der Waals surface area contributed by atoms with Crippen molar-refractivity contribution < 1.29 is 48.1 Å². The molecule has 0 unspecified atom stereocenters. The van der Waals surface area contributed by atoms with Crippen molar-refractivity contribution in [2.75, 3.05) is 42.4 Å². The highest BCUT2D eigenvalue weighted by atomic mass is 16.6. The van der Waals surface area contributed by atoms with Crippen LogP contribution in [0.2, 0.25) is 0 Å². The topological polar surface area (TPSA) is 184 Å². The number of benzene rings is 6. The fourth-order valence-corrected chi connectivity index (χ4v) is 8.63. The number of amides is 5. The Morgan fingerprint density at radius 1 is 0.809 bits per heavy atom. The van der Waals surface area contributed by atoms with Gasteiger partial charge in [-0.15, -0.1) is 0 Å². The molecule has 1 aliphatic heterocycles. The van der Waals surface area contributed by atoms with Crippen LogP contribution in [0, 0.1) is 0 Å². The monoisotopic (exact) mass is 917 g/mol. The number of ether oxygens (including phenoxy) is 3. The number of methoxy groups -OCH3 is 1. The summed E-state index contributed by atoms with van der Waals surface area (Å²) in [7, 11) is 2.90. The molecule has 6 aromatic carbocycles. The lowest BCUT2D eigenvalue weighted by atomic mass is 9.98. The lowest BCUT2D eigenvalue weighted by molar-refractivity contribution is -0.130. The van der Waals surface area contributed by atoms with E-state index in [9.17, 15) is 29.1 Å². The summed E-state index contributed by atoms with van der Waals surface area (Å²) in [6, 6.07) is 34.8. The maximum Gasteiger partial charge on any atom is 0.411 e. The van der Waals surface area contributed by atoms with E-state index in [1.54, 1.807) is 87.5 Å². The van der Waals surface area contributed by atoms with Crippen LogP contribution in [0.5, 0.6) is 5.75 Å². The number of carboxylic acid groups (broad SMARTS) is 1. The Labute approximate surface area is 393 Å². The zero-order valence-electron chi connectivity index (χ0n) is 38.4. The molecule has 15 heteroatoms. The highest BCUT2D eigenvalue weighted by Crippen LogP contribution is 2.45. The first-order valence-corrected chi connectivity index (χ1v) is 22.1. The van der Waals surface area contributed by atoms with Gasteiger partial charge in [-0.3, -0.25) is 24.6 Å². The molecule has 0 fully saturated rings. The molecule has 0 spiro atoms. The first-order chi connectivity index (χ1) is 32.5. The second-order valence-electron chi connectivity index (χ2n) is 17.7. The number of fused-ring (bicyclic) bond motifs is 5. The van der Waals surface area contributed by atoms with Crippen LogP contribution < -0.4 is 25.2 Å². The second-order valence-corrected chi connectivity index (χ2v) is 17.7. The Morgan fingerprint density at radius 3 is 2.06 bits per heavy atom. The highest BCUT2D eigenvalue weighted by Gasteiger charge is 2.39. The molecule has 2 aliphatic rings. The molecule has 0 saturated carbocycles. The van der Waals surface area contributed by atoms with Gasteiger partial charge in [0, 0.05) is 29.8 Å². The third-order valence-corrected chi connectivity index (χ3v) is 12.2. The molecule has 1 heterocycles. The lowest BCUT2D eigenvalue weighted by Crippen LogP contribution is -2.57. The number of nitrogens with zero attached hydrogens (tertiary/aromatic N) is 3. The molecule has 0 aromatic heterocycles. The molecular formula is C53H51N5O10. The number of para-hydroxylation sites is 2. The van der Waals surface area contributed by atoms with Crippen molar-refractivity contribution in [3.05, 3.63) is 155 Å². The lowest BCUT2D eigenvalue weighted by Gasteiger charge is -2.30. The molecule has 68 heavy (non-hydrogen) atoms. The summed E-state index contributed by atoms with van der Waals surface area (Å²) in [5.41, 5.74) is 5.47. The number of aromatic carboxylic acids is 1. The number of hydrogen-bond acceptors (Lipinski definition) is 9. The van der Waals surface area contributed by atoms with E-state index in [1.165, 1.54) is 43.0 Å². The fraction of sp³-hybridized carbons (Fsp3) is 0.245. The number of nitrogens with one attached hydrogen (secondary N) is 2. The van der Waals surface area contributed by atoms with Crippen LogP contribution in [0.4, 0.5) is 26.7 Å². The summed E-state index contributed by atoms with van der Waals surface area (Å²) in [5, 5.41) is 16.5. The molecule has 348 valence electrons. The van der Waals surface area contributed by atoms with Gasteiger partial charge in [-0.2, -0.15) is 0 Å². The summed E-state index contributed by atoms with van der Waals surface area (Å²) < 4.78 is 17.0. The van der Waals surface area contributed by atoms with Gasteiger partial charge in [0.15, 0.2) is 0 Å². The molecule has 0 radical (unpaired) electrons. The van der Waals surface area contributed by atoms with Gasteiger partial charge < -0.3 is 34.4 Å². The van der Waals surface area contributed by atoms with Crippen LogP contribution in [-0.4, -0.2) is 90.9 Å². The predicted molar refractivity (Wildman–Crippen MR) is 257 cm³/mol. The van der Waals surface area contributed by atoms with Crippen LogP contribution in [0.15, 0.2) is 127 Å². The molecule has 0 saturated heterocycles. The van der Waals surface area contributed by atoms with Crippen LogP contribution in [0.1, 0.15) is 71.0 Å². The van der Waals surface area contributed by atoms with E-state index in [1.807, 2.05) is 36.4 Å². The summed E-state index contributed by atoms with van der Waals surface area (Å²) in [5.74, 6) is -2.57. The van der Waals surface area contributed by atoms with Crippen molar-refractivity contribution in [3.63, 3.8) is 0 Å². The molecule has 8 rings (SSSR count). The smallest absolute Gasteiger partial charge is 0.411 e. The number of hydrogen-bond donors (Lipinski definition) is 3. The Bertz CT molecular complexity index is 2920. The first kappa shape index (κ1) is 46.3. The number of rotatable bonds is 11. The van der Waals surface area contributed by atoms with Crippen LogP contribution in [0.3, 0.4) is 0 Å². The van der Waals surface area contributed by atoms with E-state index in [4.69, 9.17) is 14.2 Å². The van der Waals surface area contributed by atoms with Crippen LogP contribution in [-0.2, 0) is 25.6 Å².